The first kappa shape index (κ1) is 15.5. The van der Waals surface area contributed by atoms with Crippen LogP contribution in [0.4, 0.5) is 4.79 Å². The largest absolute Gasteiger partial charge is 0.370 e. The van der Waals surface area contributed by atoms with Crippen LogP contribution in [0.2, 0.25) is 0 Å². The monoisotopic (exact) mass is 327 g/mol. The zero-order chi connectivity index (χ0) is 16.1. The van der Waals surface area contributed by atoms with Gasteiger partial charge in [0, 0.05) is 13.1 Å². The molecule has 1 aliphatic rings. The number of hydrogen-bond acceptors (Lipinski definition) is 4. The van der Waals surface area contributed by atoms with E-state index in [0.29, 0.717) is 31.8 Å². The summed E-state index contributed by atoms with van der Waals surface area (Å²) >= 11 is 1.63. The first-order valence-corrected chi connectivity index (χ1v) is 8.36. The third-order valence-electron chi connectivity index (χ3n) is 3.77. The van der Waals surface area contributed by atoms with Crippen molar-refractivity contribution >= 4 is 17.4 Å². The van der Waals surface area contributed by atoms with E-state index in [-0.39, 0.29) is 12.1 Å². The number of nitrogens with one attached hydrogen (secondary N) is 1. The van der Waals surface area contributed by atoms with E-state index in [0.717, 1.165) is 11.1 Å². The van der Waals surface area contributed by atoms with Crippen LogP contribution in [-0.2, 0) is 11.3 Å². The predicted molar refractivity (Wildman–Crippen MR) is 88.0 cm³/mol. The highest BCUT2D eigenvalue weighted by Crippen LogP contribution is 2.24. The van der Waals surface area contributed by atoms with Crippen molar-refractivity contribution in [1.29, 1.82) is 5.26 Å². The summed E-state index contributed by atoms with van der Waals surface area (Å²) in [5.74, 6) is 0. The van der Waals surface area contributed by atoms with E-state index in [2.05, 4.69) is 16.8 Å². The molecular formula is C17H17N3O2S. The summed E-state index contributed by atoms with van der Waals surface area (Å²) in [6.07, 6.45) is -0.0531. The van der Waals surface area contributed by atoms with Crippen molar-refractivity contribution in [3.63, 3.8) is 0 Å². The van der Waals surface area contributed by atoms with Crippen LogP contribution in [0.1, 0.15) is 22.8 Å². The van der Waals surface area contributed by atoms with Gasteiger partial charge in [0.15, 0.2) is 0 Å². The Kier molecular flexibility index (Phi) is 4.91. The molecule has 118 valence electrons. The lowest BCUT2D eigenvalue weighted by atomic mass is 10.1. The Balaban J connectivity index is 1.56. The standard InChI is InChI=1S/C17H17N3O2S/c18-9-13-2-1-3-14(8-13)10-19-17(21)20-5-6-22-16(11-20)15-4-7-23-12-15/h1-4,7-8,12,16H,5-6,10-11H2,(H,19,21). The molecule has 0 spiro atoms. The SMILES string of the molecule is N#Cc1cccc(CNC(=O)N2CCOC(c3ccsc3)C2)c1. The first-order chi connectivity index (χ1) is 11.3. The summed E-state index contributed by atoms with van der Waals surface area (Å²) in [6, 6.07) is 11.3. The third kappa shape index (κ3) is 3.89. The van der Waals surface area contributed by atoms with E-state index < -0.39 is 0 Å². The Bertz CT molecular complexity index is 709. The van der Waals surface area contributed by atoms with E-state index in [1.54, 1.807) is 28.4 Å². The van der Waals surface area contributed by atoms with Gasteiger partial charge >= 0.3 is 6.03 Å². The molecule has 0 bridgehead atoms. The van der Waals surface area contributed by atoms with Crippen molar-refractivity contribution in [2.75, 3.05) is 19.7 Å². The van der Waals surface area contributed by atoms with E-state index in [1.165, 1.54) is 0 Å². The lowest BCUT2D eigenvalue weighted by Crippen LogP contribution is -2.46. The number of urea groups is 1. The molecule has 2 amide bonds. The van der Waals surface area contributed by atoms with E-state index in [9.17, 15) is 4.79 Å². The van der Waals surface area contributed by atoms with Crippen molar-refractivity contribution in [3.05, 3.63) is 57.8 Å². The summed E-state index contributed by atoms with van der Waals surface area (Å²) in [4.78, 5) is 14.1. The number of morpholine rings is 1. The van der Waals surface area contributed by atoms with Crippen LogP contribution in [0.5, 0.6) is 0 Å². The molecule has 1 aromatic heterocycles. The van der Waals surface area contributed by atoms with Crippen LogP contribution in [0, 0.1) is 11.3 Å². The van der Waals surface area contributed by atoms with E-state index in [4.69, 9.17) is 10.00 Å². The maximum absolute atomic E-state index is 12.3. The number of ether oxygens (including phenoxy) is 1. The highest BCUT2D eigenvalue weighted by atomic mass is 32.1. The van der Waals surface area contributed by atoms with Crippen molar-refractivity contribution in [2.24, 2.45) is 0 Å². The van der Waals surface area contributed by atoms with Crippen molar-refractivity contribution in [2.45, 2.75) is 12.6 Å². The van der Waals surface area contributed by atoms with Gasteiger partial charge in [-0.15, -0.1) is 0 Å². The van der Waals surface area contributed by atoms with Gasteiger partial charge in [-0.1, -0.05) is 12.1 Å². The van der Waals surface area contributed by atoms with Crippen LogP contribution in [0.25, 0.3) is 0 Å². The molecule has 1 saturated heterocycles. The van der Waals surface area contributed by atoms with Crippen LogP contribution in [0.15, 0.2) is 41.1 Å². The first-order valence-electron chi connectivity index (χ1n) is 7.42. The third-order valence-corrected chi connectivity index (χ3v) is 4.47. The van der Waals surface area contributed by atoms with Crippen LogP contribution < -0.4 is 5.32 Å². The maximum atomic E-state index is 12.3. The summed E-state index contributed by atoms with van der Waals surface area (Å²) in [5.41, 5.74) is 2.63. The summed E-state index contributed by atoms with van der Waals surface area (Å²) < 4.78 is 5.74. The number of nitriles is 1. The fraction of sp³-hybridized carbons (Fsp3) is 0.294. The Morgan fingerprint density at radius 1 is 1.48 bits per heavy atom. The molecule has 2 aromatic rings. The Hall–Kier alpha value is -2.36. The Morgan fingerprint density at radius 3 is 3.17 bits per heavy atom. The molecule has 2 heterocycles. The second kappa shape index (κ2) is 7.27. The molecule has 1 unspecified atom stereocenters. The van der Waals surface area contributed by atoms with E-state index >= 15 is 0 Å². The number of amides is 2. The summed E-state index contributed by atoms with van der Waals surface area (Å²) in [6.45, 7) is 2.10. The van der Waals surface area contributed by atoms with Gasteiger partial charge in [0.2, 0.25) is 0 Å². The highest BCUT2D eigenvalue weighted by Gasteiger charge is 2.25. The average Bonchev–Trinajstić information content (AvgIpc) is 3.14. The van der Waals surface area contributed by atoms with Crippen molar-refractivity contribution < 1.29 is 9.53 Å². The lowest BCUT2D eigenvalue weighted by molar-refractivity contribution is -0.0152. The molecule has 1 aromatic carbocycles. The number of thiophene rings is 1. The number of carbonyl (C=O) groups excluding carboxylic acids is 1. The topological polar surface area (TPSA) is 65.4 Å². The zero-order valence-corrected chi connectivity index (χ0v) is 13.4. The van der Waals surface area contributed by atoms with Crippen molar-refractivity contribution in [3.8, 4) is 6.07 Å². The molecular weight excluding hydrogens is 310 g/mol. The molecule has 0 radical (unpaired) electrons. The minimum absolute atomic E-state index is 0.0531. The fourth-order valence-electron chi connectivity index (χ4n) is 2.53. The zero-order valence-electron chi connectivity index (χ0n) is 12.6. The van der Waals surface area contributed by atoms with Crippen LogP contribution >= 0.6 is 11.3 Å². The molecule has 0 aliphatic carbocycles. The molecule has 1 N–H and O–H groups in total. The van der Waals surface area contributed by atoms with Gasteiger partial charge in [-0.3, -0.25) is 0 Å². The molecule has 23 heavy (non-hydrogen) atoms. The van der Waals surface area contributed by atoms with Crippen molar-refractivity contribution in [1.82, 2.24) is 10.2 Å². The smallest absolute Gasteiger partial charge is 0.317 e. The molecule has 1 atom stereocenters. The van der Waals surface area contributed by atoms with Gasteiger partial charge < -0.3 is 15.0 Å². The Labute approximate surface area is 139 Å². The minimum atomic E-state index is -0.101. The molecule has 5 nitrogen and oxygen atoms in total. The second-order valence-corrected chi connectivity index (χ2v) is 6.11. The van der Waals surface area contributed by atoms with Gasteiger partial charge in [0.1, 0.15) is 6.10 Å². The van der Waals surface area contributed by atoms with Gasteiger partial charge in [-0.05, 0) is 40.1 Å². The van der Waals surface area contributed by atoms with Gasteiger partial charge in [-0.2, -0.15) is 16.6 Å². The lowest BCUT2D eigenvalue weighted by Gasteiger charge is -2.32. The maximum Gasteiger partial charge on any atom is 0.317 e. The molecule has 3 rings (SSSR count). The number of hydrogen-bond donors (Lipinski definition) is 1. The van der Waals surface area contributed by atoms with Gasteiger partial charge in [0.05, 0.1) is 24.8 Å². The molecule has 0 saturated carbocycles. The number of nitrogens with zero attached hydrogens (tertiary/aromatic N) is 2. The summed E-state index contributed by atoms with van der Waals surface area (Å²) in [5, 5.41) is 15.9. The number of carbonyl (C=O) groups is 1. The van der Waals surface area contributed by atoms with Crippen LogP contribution in [-0.4, -0.2) is 30.6 Å². The van der Waals surface area contributed by atoms with Gasteiger partial charge in [0.25, 0.3) is 0 Å². The normalized spacial score (nSPS) is 17.5. The van der Waals surface area contributed by atoms with Gasteiger partial charge in [-0.25, -0.2) is 4.79 Å². The highest BCUT2D eigenvalue weighted by molar-refractivity contribution is 7.07. The average molecular weight is 327 g/mol. The van der Waals surface area contributed by atoms with E-state index in [1.807, 2.05) is 23.6 Å². The number of rotatable bonds is 3. The fourth-order valence-corrected chi connectivity index (χ4v) is 3.24. The second-order valence-electron chi connectivity index (χ2n) is 5.33. The minimum Gasteiger partial charge on any atom is -0.370 e. The number of benzene rings is 1. The summed E-state index contributed by atoms with van der Waals surface area (Å²) in [7, 11) is 0. The Morgan fingerprint density at radius 2 is 2.39 bits per heavy atom. The quantitative estimate of drug-likeness (QED) is 0.942. The van der Waals surface area contributed by atoms with Crippen LogP contribution in [0.3, 0.4) is 0 Å². The molecule has 1 fully saturated rings. The molecule has 1 aliphatic heterocycles. The predicted octanol–water partition coefficient (Wildman–Crippen LogP) is 2.90. The molecule has 6 heteroatoms.